The second-order valence-corrected chi connectivity index (χ2v) is 8.79. The fourth-order valence-corrected chi connectivity index (χ4v) is 3.42. The Balaban J connectivity index is 1.86. The predicted octanol–water partition coefficient (Wildman–Crippen LogP) is 3.46. The van der Waals surface area contributed by atoms with Crippen LogP contribution < -0.4 is 16.0 Å². The molecule has 2 aromatic carbocycles. The summed E-state index contributed by atoms with van der Waals surface area (Å²) in [5.74, 6) is 1.17. The number of carbonyl (C=O) groups is 2. The molecule has 0 radical (unpaired) electrons. The molecule has 0 aliphatic carbocycles. The van der Waals surface area contributed by atoms with E-state index in [9.17, 15) is 9.59 Å². The van der Waals surface area contributed by atoms with E-state index in [0.29, 0.717) is 36.0 Å². The molecule has 3 N–H and O–H groups in total. The van der Waals surface area contributed by atoms with E-state index in [1.807, 2.05) is 50.7 Å². The molecule has 1 aromatic heterocycles. The molecule has 0 saturated heterocycles. The Morgan fingerprint density at radius 1 is 0.941 bits per heavy atom. The third-order valence-corrected chi connectivity index (χ3v) is 5.48. The van der Waals surface area contributed by atoms with Crippen LogP contribution in [-0.4, -0.2) is 72.4 Å². The highest BCUT2D eigenvalue weighted by atomic mass is 32.2. The van der Waals surface area contributed by atoms with Crippen LogP contribution in [0.2, 0.25) is 0 Å². The Morgan fingerprint density at radius 3 is 2.41 bits per heavy atom. The monoisotopic (exact) mass is 478 g/mol. The van der Waals surface area contributed by atoms with E-state index in [1.165, 1.54) is 0 Å². The van der Waals surface area contributed by atoms with E-state index in [4.69, 9.17) is 0 Å². The van der Waals surface area contributed by atoms with Gasteiger partial charge in [0.15, 0.2) is 5.82 Å². The number of likely N-dealkylation sites (N-methyl/N-ethyl adjacent to an activating group) is 1. The van der Waals surface area contributed by atoms with E-state index in [1.54, 1.807) is 42.1 Å². The molecule has 0 unspecified atom stereocenters. The minimum atomic E-state index is -0.417. The number of amides is 2. The molecule has 1 heterocycles. The van der Waals surface area contributed by atoms with Gasteiger partial charge in [-0.1, -0.05) is 42.5 Å². The average Bonchev–Trinajstić information content (AvgIpc) is 2.84. The maximum atomic E-state index is 13.2. The molecule has 9 heteroatoms. The first-order valence-corrected chi connectivity index (χ1v) is 12.4. The lowest BCUT2D eigenvalue weighted by molar-refractivity contribution is 0.0957. The first-order valence-electron chi connectivity index (χ1n) is 11.0. The van der Waals surface area contributed by atoms with E-state index in [-0.39, 0.29) is 11.6 Å². The molecule has 3 aromatic rings. The van der Waals surface area contributed by atoms with Gasteiger partial charge in [-0.15, -0.1) is 0 Å². The van der Waals surface area contributed by atoms with Crippen LogP contribution in [0.5, 0.6) is 0 Å². The number of nitrogens with zero attached hydrogens (tertiary/aromatic N) is 3. The summed E-state index contributed by atoms with van der Waals surface area (Å²) in [5.41, 5.74) is 1.84. The van der Waals surface area contributed by atoms with Crippen molar-refractivity contribution >= 4 is 35.1 Å². The van der Waals surface area contributed by atoms with Gasteiger partial charge in [0, 0.05) is 37.0 Å². The van der Waals surface area contributed by atoms with Gasteiger partial charge in [-0.25, -0.2) is 9.97 Å². The number of aromatic nitrogens is 2. The number of para-hydroxylation sites is 1. The van der Waals surface area contributed by atoms with E-state index in [0.717, 1.165) is 17.9 Å². The van der Waals surface area contributed by atoms with Gasteiger partial charge in [-0.3, -0.25) is 9.59 Å². The zero-order valence-electron chi connectivity index (χ0n) is 19.7. The fourth-order valence-electron chi connectivity index (χ4n) is 3.12. The molecular weight excluding hydrogens is 448 g/mol. The van der Waals surface area contributed by atoms with Crippen LogP contribution in [0.4, 0.5) is 11.5 Å². The number of nitrogens with one attached hydrogen (secondary N) is 3. The number of thioether (sulfide) groups is 1. The topological polar surface area (TPSA) is 99.2 Å². The molecular formula is C25H30N6O2S. The van der Waals surface area contributed by atoms with Crippen LogP contribution in [-0.2, 0) is 0 Å². The van der Waals surface area contributed by atoms with Crippen molar-refractivity contribution in [1.82, 2.24) is 20.2 Å². The molecule has 0 saturated carbocycles. The molecule has 8 nitrogen and oxygen atoms in total. The Labute approximate surface area is 204 Å². The highest BCUT2D eigenvalue weighted by Gasteiger charge is 2.17. The minimum absolute atomic E-state index is 0.207. The van der Waals surface area contributed by atoms with Crippen LogP contribution in [0.25, 0.3) is 11.4 Å². The van der Waals surface area contributed by atoms with Crippen molar-refractivity contribution in [2.24, 2.45) is 0 Å². The predicted molar refractivity (Wildman–Crippen MR) is 140 cm³/mol. The molecule has 0 aliphatic heterocycles. The fraction of sp³-hybridized carbons (Fsp3) is 0.280. The lowest BCUT2D eigenvalue weighted by Crippen LogP contribution is -2.27. The number of rotatable bonds is 11. The number of carbonyl (C=O) groups excluding carboxylic acids is 2. The molecule has 178 valence electrons. The van der Waals surface area contributed by atoms with Gasteiger partial charge in [-0.05, 0) is 32.5 Å². The van der Waals surface area contributed by atoms with Crippen LogP contribution in [0, 0.1) is 0 Å². The highest BCUT2D eigenvalue weighted by molar-refractivity contribution is 7.98. The van der Waals surface area contributed by atoms with E-state index in [2.05, 4.69) is 30.8 Å². The quantitative estimate of drug-likeness (QED) is 0.363. The Morgan fingerprint density at radius 2 is 1.68 bits per heavy atom. The lowest BCUT2D eigenvalue weighted by atomic mass is 10.1. The van der Waals surface area contributed by atoms with Gasteiger partial charge in [-0.2, -0.15) is 11.8 Å². The van der Waals surface area contributed by atoms with Gasteiger partial charge < -0.3 is 20.9 Å². The highest BCUT2D eigenvalue weighted by Crippen LogP contribution is 2.20. The molecule has 0 spiro atoms. The number of hydrogen-bond donors (Lipinski definition) is 3. The summed E-state index contributed by atoms with van der Waals surface area (Å²) < 4.78 is 0. The van der Waals surface area contributed by atoms with Crippen LogP contribution in [0.1, 0.15) is 20.8 Å². The second kappa shape index (κ2) is 12.7. The molecule has 3 rings (SSSR count). The normalized spacial score (nSPS) is 10.7. The first kappa shape index (κ1) is 25.2. The molecule has 0 bridgehead atoms. The van der Waals surface area contributed by atoms with Crippen molar-refractivity contribution in [2.45, 2.75) is 0 Å². The number of anilines is 2. The summed E-state index contributed by atoms with van der Waals surface area (Å²) in [5, 5.41) is 8.99. The van der Waals surface area contributed by atoms with Crippen molar-refractivity contribution in [3.63, 3.8) is 0 Å². The Kier molecular flexibility index (Phi) is 9.42. The zero-order valence-corrected chi connectivity index (χ0v) is 20.5. The van der Waals surface area contributed by atoms with Gasteiger partial charge in [0.1, 0.15) is 11.5 Å². The average molecular weight is 479 g/mol. The van der Waals surface area contributed by atoms with Crippen LogP contribution >= 0.6 is 11.8 Å². The summed E-state index contributed by atoms with van der Waals surface area (Å²) in [6.45, 7) is 2.03. The van der Waals surface area contributed by atoms with Crippen molar-refractivity contribution in [2.75, 3.05) is 56.4 Å². The van der Waals surface area contributed by atoms with Gasteiger partial charge >= 0.3 is 0 Å². The summed E-state index contributed by atoms with van der Waals surface area (Å²) >= 11 is 1.65. The number of hydrogen-bond acceptors (Lipinski definition) is 7. The largest absolute Gasteiger partial charge is 0.369 e. The van der Waals surface area contributed by atoms with Crippen molar-refractivity contribution in [1.29, 1.82) is 0 Å². The van der Waals surface area contributed by atoms with Gasteiger partial charge in [0.25, 0.3) is 11.8 Å². The second-order valence-electron chi connectivity index (χ2n) is 7.81. The van der Waals surface area contributed by atoms with Gasteiger partial charge in [0.2, 0.25) is 0 Å². The molecule has 2 amide bonds. The Hall–Kier alpha value is -3.43. The summed E-state index contributed by atoms with van der Waals surface area (Å²) in [4.78, 5) is 37.0. The maximum absolute atomic E-state index is 13.2. The van der Waals surface area contributed by atoms with Crippen molar-refractivity contribution in [3.8, 4) is 11.4 Å². The third-order valence-electron chi connectivity index (χ3n) is 4.87. The first-order chi connectivity index (χ1) is 16.5. The SMILES string of the molecule is CSCCNC(=O)c1ccccc1NC(=O)c1cc(NCCN(C)C)nc(-c2ccccc2)n1. The summed E-state index contributed by atoms with van der Waals surface area (Å²) in [7, 11) is 3.98. The van der Waals surface area contributed by atoms with Crippen LogP contribution in [0.15, 0.2) is 60.7 Å². The standard InChI is InChI=1S/C25H30N6O2S/c1-31(2)15-13-26-22-17-21(28-23(30-22)18-9-5-4-6-10-18)25(33)29-20-12-8-7-11-19(20)24(32)27-14-16-34-3/h4-12,17H,13-16H2,1-3H3,(H,27,32)(H,29,33)(H,26,28,30). The van der Waals surface area contributed by atoms with E-state index < -0.39 is 5.91 Å². The minimum Gasteiger partial charge on any atom is -0.369 e. The zero-order chi connectivity index (χ0) is 24.3. The molecule has 0 fully saturated rings. The van der Waals surface area contributed by atoms with Crippen molar-refractivity contribution in [3.05, 3.63) is 71.9 Å². The smallest absolute Gasteiger partial charge is 0.274 e. The number of benzene rings is 2. The summed E-state index contributed by atoms with van der Waals surface area (Å²) in [6.07, 6.45) is 1.98. The molecule has 34 heavy (non-hydrogen) atoms. The Bertz CT molecular complexity index is 1110. The van der Waals surface area contributed by atoms with E-state index >= 15 is 0 Å². The van der Waals surface area contributed by atoms with Crippen molar-refractivity contribution < 1.29 is 9.59 Å². The summed E-state index contributed by atoms with van der Waals surface area (Å²) in [6, 6.07) is 18.1. The van der Waals surface area contributed by atoms with Gasteiger partial charge in [0.05, 0.1) is 11.3 Å². The molecule has 0 aliphatic rings. The van der Waals surface area contributed by atoms with Crippen LogP contribution in [0.3, 0.4) is 0 Å². The maximum Gasteiger partial charge on any atom is 0.274 e. The lowest BCUT2D eigenvalue weighted by Gasteiger charge is -2.14. The molecule has 0 atom stereocenters. The third kappa shape index (κ3) is 7.29.